The third kappa shape index (κ3) is 4.99. The maximum absolute atomic E-state index is 14.5. The van der Waals surface area contributed by atoms with Gasteiger partial charge in [0, 0.05) is 25.4 Å². The average Bonchev–Trinajstić information content (AvgIpc) is 3.11. The first kappa shape index (κ1) is 22.6. The molecule has 0 saturated heterocycles. The van der Waals surface area contributed by atoms with Crippen LogP contribution in [0.4, 0.5) is 8.78 Å². The number of nitrogens with zero attached hydrogens (tertiary/aromatic N) is 3. The number of rotatable bonds is 6. The van der Waals surface area contributed by atoms with Crippen LogP contribution in [0.5, 0.6) is 0 Å². The van der Waals surface area contributed by atoms with E-state index in [1.54, 1.807) is 13.2 Å². The first-order chi connectivity index (χ1) is 14.6. The summed E-state index contributed by atoms with van der Waals surface area (Å²) >= 11 is 0. The summed E-state index contributed by atoms with van der Waals surface area (Å²) in [7, 11) is 1.61. The zero-order chi connectivity index (χ0) is 22.8. The Balaban J connectivity index is 2.19. The highest BCUT2D eigenvalue weighted by atomic mass is 19.1. The van der Waals surface area contributed by atoms with Gasteiger partial charge in [-0.25, -0.2) is 13.8 Å². The Morgan fingerprint density at radius 3 is 2.45 bits per heavy atom. The molecule has 1 atom stereocenters. The maximum atomic E-state index is 14.5. The van der Waals surface area contributed by atoms with Crippen LogP contribution >= 0.6 is 0 Å². The second-order valence-corrected chi connectivity index (χ2v) is 8.65. The molecule has 5 nitrogen and oxygen atoms in total. The molecule has 0 aliphatic rings. The number of benzene rings is 2. The van der Waals surface area contributed by atoms with E-state index in [0.717, 1.165) is 23.8 Å². The molecule has 1 amide bonds. The number of halogens is 2. The van der Waals surface area contributed by atoms with Crippen molar-refractivity contribution in [2.24, 2.45) is 5.41 Å². The fourth-order valence-electron chi connectivity index (χ4n) is 3.78. The smallest absolute Gasteiger partial charge is 0.248 e. The predicted molar refractivity (Wildman–Crippen MR) is 115 cm³/mol. The predicted octanol–water partition coefficient (Wildman–Crippen LogP) is 4.41. The quantitative estimate of drug-likeness (QED) is 0.634. The summed E-state index contributed by atoms with van der Waals surface area (Å²) in [6.45, 7) is 5.69. The number of aliphatic hydroxyl groups is 1. The Labute approximate surface area is 181 Å². The van der Waals surface area contributed by atoms with E-state index in [9.17, 15) is 18.7 Å². The Morgan fingerprint density at radius 2 is 1.84 bits per heavy atom. The molecular formula is C24H27F2N3O2. The number of likely N-dealkylation sites (N-methyl/N-ethyl adjacent to an activating group) is 1. The van der Waals surface area contributed by atoms with Gasteiger partial charge in [0.2, 0.25) is 5.91 Å². The molecule has 0 fully saturated rings. The molecule has 3 rings (SSSR count). The SMILES string of the molecule is CN(C(=O)CO)[C@@H](c1nc(-c2cc(F)ccc2F)cn1Cc1ccccc1)C(C)(C)C. The van der Waals surface area contributed by atoms with Crippen LogP contribution in [0.3, 0.4) is 0 Å². The van der Waals surface area contributed by atoms with Crippen LogP contribution < -0.4 is 0 Å². The first-order valence-electron chi connectivity index (χ1n) is 10.0. The van der Waals surface area contributed by atoms with E-state index in [1.165, 1.54) is 4.90 Å². The van der Waals surface area contributed by atoms with E-state index < -0.39 is 35.6 Å². The van der Waals surface area contributed by atoms with E-state index in [1.807, 2.05) is 55.7 Å². The summed E-state index contributed by atoms with van der Waals surface area (Å²) in [5.74, 6) is -1.06. The highest BCUT2D eigenvalue weighted by molar-refractivity contribution is 5.77. The lowest BCUT2D eigenvalue weighted by molar-refractivity contribution is -0.137. The fraction of sp³-hybridized carbons (Fsp3) is 0.333. The number of hydrogen-bond acceptors (Lipinski definition) is 3. The fourth-order valence-corrected chi connectivity index (χ4v) is 3.78. The molecule has 31 heavy (non-hydrogen) atoms. The van der Waals surface area contributed by atoms with Crippen molar-refractivity contribution in [3.8, 4) is 11.3 Å². The van der Waals surface area contributed by atoms with Gasteiger partial charge in [-0.1, -0.05) is 51.1 Å². The van der Waals surface area contributed by atoms with Crippen molar-refractivity contribution in [2.75, 3.05) is 13.7 Å². The highest BCUT2D eigenvalue weighted by Gasteiger charge is 2.36. The van der Waals surface area contributed by atoms with E-state index >= 15 is 0 Å². The number of carbonyl (C=O) groups is 1. The number of carbonyl (C=O) groups excluding carboxylic acids is 1. The van der Waals surface area contributed by atoms with Crippen LogP contribution in [0.25, 0.3) is 11.3 Å². The van der Waals surface area contributed by atoms with Crippen molar-refractivity contribution >= 4 is 5.91 Å². The third-order valence-corrected chi connectivity index (χ3v) is 5.19. The van der Waals surface area contributed by atoms with E-state index in [2.05, 4.69) is 4.98 Å². The lowest BCUT2D eigenvalue weighted by atomic mass is 9.85. The Bertz CT molecular complexity index is 1060. The molecule has 0 saturated carbocycles. The van der Waals surface area contributed by atoms with Crippen molar-refractivity contribution in [1.82, 2.24) is 14.5 Å². The van der Waals surface area contributed by atoms with Gasteiger partial charge in [0.05, 0.1) is 11.7 Å². The number of hydrogen-bond donors (Lipinski definition) is 1. The molecule has 1 N–H and O–H groups in total. The number of aliphatic hydroxyl groups excluding tert-OH is 1. The number of amides is 1. The second kappa shape index (κ2) is 8.98. The van der Waals surface area contributed by atoms with Crippen molar-refractivity contribution in [3.05, 3.63) is 77.8 Å². The van der Waals surface area contributed by atoms with Crippen LogP contribution in [-0.2, 0) is 11.3 Å². The topological polar surface area (TPSA) is 58.4 Å². The molecule has 0 radical (unpaired) electrons. The van der Waals surface area contributed by atoms with E-state index in [0.29, 0.717) is 12.4 Å². The van der Waals surface area contributed by atoms with Gasteiger partial charge in [-0.2, -0.15) is 0 Å². The summed E-state index contributed by atoms with van der Waals surface area (Å²) in [4.78, 5) is 18.5. The Hall–Kier alpha value is -3.06. The first-order valence-corrected chi connectivity index (χ1v) is 10.0. The van der Waals surface area contributed by atoms with Crippen molar-refractivity contribution in [2.45, 2.75) is 33.4 Å². The van der Waals surface area contributed by atoms with Gasteiger partial charge in [-0.15, -0.1) is 0 Å². The molecular weight excluding hydrogens is 400 g/mol. The molecule has 3 aromatic rings. The van der Waals surface area contributed by atoms with Gasteiger partial charge >= 0.3 is 0 Å². The van der Waals surface area contributed by atoms with Crippen LogP contribution in [0.15, 0.2) is 54.7 Å². The van der Waals surface area contributed by atoms with Gasteiger partial charge in [0.1, 0.15) is 24.1 Å². The highest BCUT2D eigenvalue weighted by Crippen LogP contribution is 2.38. The van der Waals surface area contributed by atoms with Crippen LogP contribution in [0.1, 0.15) is 38.2 Å². The molecule has 7 heteroatoms. The average molecular weight is 427 g/mol. The van der Waals surface area contributed by atoms with E-state index in [4.69, 9.17) is 0 Å². The molecule has 0 spiro atoms. The summed E-state index contributed by atoms with van der Waals surface area (Å²) in [5, 5.41) is 9.41. The zero-order valence-corrected chi connectivity index (χ0v) is 18.1. The van der Waals surface area contributed by atoms with Gasteiger partial charge in [-0.3, -0.25) is 4.79 Å². The molecule has 2 aromatic carbocycles. The largest absolute Gasteiger partial charge is 0.387 e. The number of imidazole rings is 1. The molecule has 1 heterocycles. The van der Waals surface area contributed by atoms with Gasteiger partial charge in [0.15, 0.2) is 0 Å². The molecule has 0 unspecified atom stereocenters. The molecule has 0 bridgehead atoms. The minimum Gasteiger partial charge on any atom is -0.387 e. The second-order valence-electron chi connectivity index (χ2n) is 8.65. The van der Waals surface area contributed by atoms with Gasteiger partial charge in [-0.05, 0) is 29.2 Å². The van der Waals surface area contributed by atoms with Gasteiger partial charge in [0.25, 0.3) is 0 Å². The normalized spacial score (nSPS) is 12.6. The third-order valence-electron chi connectivity index (χ3n) is 5.19. The molecule has 0 aliphatic heterocycles. The van der Waals surface area contributed by atoms with Crippen molar-refractivity contribution in [3.63, 3.8) is 0 Å². The Kier molecular flexibility index (Phi) is 6.55. The summed E-state index contributed by atoms with van der Waals surface area (Å²) in [5.41, 5.74) is 0.881. The molecule has 0 aliphatic carbocycles. The van der Waals surface area contributed by atoms with Crippen molar-refractivity contribution < 1.29 is 18.7 Å². The monoisotopic (exact) mass is 427 g/mol. The maximum Gasteiger partial charge on any atom is 0.248 e. The van der Waals surface area contributed by atoms with Crippen molar-refractivity contribution in [1.29, 1.82) is 0 Å². The van der Waals surface area contributed by atoms with Crippen LogP contribution in [0.2, 0.25) is 0 Å². The summed E-state index contributed by atoms with van der Waals surface area (Å²) in [6.07, 6.45) is 1.68. The minimum absolute atomic E-state index is 0.0526. The number of aromatic nitrogens is 2. The lowest BCUT2D eigenvalue weighted by Gasteiger charge is -2.37. The molecule has 1 aromatic heterocycles. The standard InChI is InChI=1S/C24H27F2N3O2/c1-24(2,3)22(28(4)21(31)15-30)23-27-20(18-12-17(25)10-11-19(18)26)14-29(23)13-16-8-6-5-7-9-16/h5-12,14,22,30H,13,15H2,1-4H3/t22-/m0/s1. The lowest BCUT2D eigenvalue weighted by Crippen LogP contribution is -2.41. The van der Waals surface area contributed by atoms with Gasteiger partial charge < -0.3 is 14.6 Å². The Morgan fingerprint density at radius 1 is 1.16 bits per heavy atom. The molecule has 164 valence electrons. The zero-order valence-electron chi connectivity index (χ0n) is 18.1. The van der Waals surface area contributed by atoms with Crippen LogP contribution in [-0.4, -0.2) is 39.1 Å². The minimum atomic E-state index is -0.631. The van der Waals surface area contributed by atoms with Crippen LogP contribution in [0, 0.1) is 17.0 Å². The van der Waals surface area contributed by atoms with E-state index in [-0.39, 0.29) is 11.3 Å². The summed E-state index contributed by atoms with van der Waals surface area (Å²) < 4.78 is 30.2. The summed E-state index contributed by atoms with van der Waals surface area (Å²) in [6, 6.07) is 12.4.